The van der Waals surface area contributed by atoms with E-state index in [2.05, 4.69) is 21.3 Å². The van der Waals surface area contributed by atoms with Crippen LogP contribution in [-0.4, -0.2) is 26.5 Å². The highest BCUT2D eigenvalue weighted by Crippen LogP contribution is 2.29. The van der Waals surface area contributed by atoms with E-state index in [0.717, 1.165) is 0 Å². The summed E-state index contributed by atoms with van der Waals surface area (Å²) in [5.74, 6) is -2.48. The lowest BCUT2D eigenvalue weighted by molar-refractivity contribution is -0.144. The fourth-order valence-corrected chi connectivity index (χ4v) is 1.57. The van der Waals surface area contributed by atoms with Gasteiger partial charge in [0.15, 0.2) is 0 Å². The van der Waals surface area contributed by atoms with Gasteiger partial charge in [-0.25, -0.2) is 4.79 Å². The van der Waals surface area contributed by atoms with Crippen molar-refractivity contribution in [3.05, 3.63) is 18.5 Å². The van der Waals surface area contributed by atoms with Crippen LogP contribution < -0.4 is 5.32 Å². The fourth-order valence-electron chi connectivity index (χ4n) is 0.934. The molecule has 0 radical (unpaired) electrons. The molecule has 0 aliphatic carbocycles. The van der Waals surface area contributed by atoms with E-state index < -0.39 is 24.0 Å². The van der Waals surface area contributed by atoms with E-state index in [0.29, 0.717) is 11.5 Å². The fraction of sp³-hybridized carbons (Fsp3) is 0.375. The molecule has 1 aromatic heterocycles. The van der Waals surface area contributed by atoms with E-state index in [1.807, 2.05) is 0 Å². The molecule has 1 rings (SSSR count). The van der Waals surface area contributed by atoms with Gasteiger partial charge in [-0.3, -0.25) is 0 Å². The van der Waals surface area contributed by atoms with Gasteiger partial charge < -0.3 is 10.4 Å². The minimum absolute atomic E-state index is 0.0657. The van der Waals surface area contributed by atoms with Crippen LogP contribution in [0.2, 0.25) is 0 Å². The highest BCUT2D eigenvalue weighted by Gasteiger charge is 2.36. The van der Waals surface area contributed by atoms with Crippen LogP contribution in [0.25, 0.3) is 0 Å². The Bertz CT molecular complexity index is 418. The zero-order valence-corrected chi connectivity index (χ0v) is 9.18. The Morgan fingerprint density at radius 3 is 2.71 bits per heavy atom. The van der Waals surface area contributed by atoms with E-state index in [4.69, 9.17) is 5.11 Å². The number of carbonyl (C=O) groups is 1. The number of rotatable bonds is 5. The third-order valence-electron chi connectivity index (χ3n) is 1.68. The molecule has 0 aromatic carbocycles. The number of carboxylic acids is 1. The van der Waals surface area contributed by atoms with Crippen LogP contribution in [-0.2, 0) is 11.0 Å². The van der Waals surface area contributed by atoms with E-state index in [1.165, 1.54) is 6.08 Å². The number of nitrogens with one attached hydrogen (secondary N) is 1. The number of aliphatic carboxylic acids is 1. The Labute approximate surface area is 98.2 Å². The zero-order valence-electron chi connectivity index (χ0n) is 8.36. The van der Waals surface area contributed by atoms with Gasteiger partial charge in [0.05, 0.1) is 0 Å². The van der Waals surface area contributed by atoms with E-state index in [1.54, 1.807) is 0 Å². The predicted molar refractivity (Wildman–Crippen MR) is 54.8 cm³/mol. The maximum atomic E-state index is 12.2. The van der Waals surface area contributed by atoms with Crippen molar-refractivity contribution in [2.45, 2.75) is 18.6 Å². The monoisotopic (exact) mass is 267 g/mol. The quantitative estimate of drug-likeness (QED) is 0.798. The molecule has 0 aliphatic rings. The molecule has 0 amide bonds. The maximum absolute atomic E-state index is 12.2. The van der Waals surface area contributed by atoms with Crippen molar-refractivity contribution in [1.29, 1.82) is 0 Å². The van der Waals surface area contributed by atoms with Gasteiger partial charge in [0, 0.05) is 11.5 Å². The number of carboxylic acid groups (broad SMARTS) is 1. The summed E-state index contributed by atoms with van der Waals surface area (Å²) in [7, 11) is 0. The van der Waals surface area contributed by atoms with Crippen LogP contribution in [0.15, 0.2) is 12.7 Å². The molecular formula is C8H8F3N3O2S. The van der Waals surface area contributed by atoms with E-state index >= 15 is 0 Å². The van der Waals surface area contributed by atoms with E-state index in [-0.39, 0.29) is 11.6 Å². The zero-order chi connectivity index (χ0) is 13.1. The van der Waals surface area contributed by atoms with Gasteiger partial charge in [-0.2, -0.15) is 22.5 Å². The molecule has 0 bridgehead atoms. The average molecular weight is 267 g/mol. The van der Waals surface area contributed by atoms with Gasteiger partial charge in [-0.15, -0.1) is 6.58 Å². The van der Waals surface area contributed by atoms with Gasteiger partial charge in [-0.1, -0.05) is 6.08 Å². The predicted octanol–water partition coefficient (Wildman–Crippen LogP) is 2.00. The number of nitrogens with zero attached hydrogens (tertiary/aromatic N) is 2. The van der Waals surface area contributed by atoms with Crippen LogP contribution in [0.4, 0.5) is 18.3 Å². The molecule has 0 aliphatic heterocycles. The van der Waals surface area contributed by atoms with Crippen molar-refractivity contribution >= 4 is 22.6 Å². The van der Waals surface area contributed by atoms with Crippen LogP contribution >= 0.6 is 11.5 Å². The molecule has 1 heterocycles. The third-order valence-corrected chi connectivity index (χ3v) is 2.32. The summed E-state index contributed by atoms with van der Waals surface area (Å²) >= 11 is 0.458. The van der Waals surface area contributed by atoms with Crippen molar-refractivity contribution in [2.24, 2.45) is 0 Å². The van der Waals surface area contributed by atoms with Gasteiger partial charge in [0.25, 0.3) is 0 Å². The topological polar surface area (TPSA) is 75.1 Å². The second-order valence-corrected chi connectivity index (χ2v) is 3.73. The lowest BCUT2D eigenvalue weighted by atomic mass is 10.2. The summed E-state index contributed by atoms with van der Waals surface area (Å²) in [4.78, 5) is 13.9. The molecular weight excluding hydrogens is 259 g/mol. The number of hydrogen-bond donors (Lipinski definition) is 2. The number of aromatic nitrogens is 2. The molecule has 94 valence electrons. The molecule has 0 saturated heterocycles. The summed E-state index contributed by atoms with van der Waals surface area (Å²) in [6, 6.07) is -1.07. The Morgan fingerprint density at radius 1 is 1.65 bits per heavy atom. The molecule has 17 heavy (non-hydrogen) atoms. The normalized spacial score (nSPS) is 13.1. The summed E-state index contributed by atoms with van der Waals surface area (Å²) < 4.78 is 39.6. The van der Waals surface area contributed by atoms with Crippen LogP contribution in [0.5, 0.6) is 0 Å². The van der Waals surface area contributed by atoms with Crippen LogP contribution in [0.1, 0.15) is 12.2 Å². The summed E-state index contributed by atoms with van der Waals surface area (Å²) in [5, 5.41) is 10.9. The molecule has 1 unspecified atom stereocenters. The largest absolute Gasteiger partial charge is 0.480 e. The summed E-state index contributed by atoms with van der Waals surface area (Å²) in [6.07, 6.45) is -3.22. The molecule has 0 spiro atoms. The molecule has 1 aromatic rings. The Hall–Kier alpha value is -1.64. The minimum atomic E-state index is -4.63. The second-order valence-electron chi connectivity index (χ2n) is 2.98. The number of hydrogen-bond acceptors (Lipinski definition) is 5. The molecule has 2 N–H and O–H groups in total. The summed E-state index contributed by atoms with van der Waals surface area (Å²) in [5.41, 5.74) is 0. The van der Waals surface area contributed by atoms with Crippen molar-refractivity contribution < 1.29 is 23.1 Å². The van der Waals surface area contributed by atoms with Gasteiger partial charge in [-0.05, 0) is 6.42 Å². The van der Waals surface area contributed by atoms with Crippen molar-refractivity contribution in [1.82, 2.24) is 9.36 Å². The number of alkyl halides is 3. The molecule has 1 atom stereocenters. The molecule has 9 heteroatoms. The summed E-state index contributed by atoms with van der Waals surface area (Å²) in [6.45, 7) is 3.35. The first-order valence-corrected chi connectivity index (χ1v) is 5.13. The number of anilines is 1. The Kier molecular flexibility index (Phi) is 4.05. The van der Waals surface area contributed by atoms with Crippen molar-refractivity contribution in [3.63, 3.8) is 0 Å². The third kappa shape index (κ3) is 3.70. The van der Waals surface area contributed by atoms with E-state index in [9.17, 15) is 18.0 Å². The smallest absolute Gasteiger partial charge is 0.452 e. The van der Waals surface area contributed by atoms with Gasteiger partial charge in [0.2, 0.25) is 11.0 Å². The maximum Gasteiger partial charge on any atom is 0.452 e. The van der Waals surface area contributed by atoms with Gasteiger partial charge in [0.1, 0.15) is 6.04 Å². The lowest BCUT2D eigenvalue weighted by Crippen LogP contribution is -2.28. The first kappa shape index (κ1) is 13.4. The lowest BCUT2D eigenvalue weighted by Gasteiger charge is -2.10. The highest BCUT2D eigenvalue weighted by molar-refractivity contribution is 7.09. The average Bonchev–Trinajstić information content (AvgIpc) is 2.64. The number of halogens is 3. The molecule has 5 nitrogen and oxygen atoms in total. The first-order valence-electron chi connectivity index (χ1n) is 4.35. The standard InChI is InChI=1S/C8H8F3N3O2S/c1-2-3-4(5(15)16)12-7-13-6(14-17-7)8(9,10)11/h2,4H,1,3H2,(H,15,16)(H,12,13,14). The molecule has 0 saturated carbocycles. The minimum Gasteiger partial charge on any atom is -0.480 e. The van der Waals surface area contributed by atoms with Crippen LogP contribution in [0, 0.1) is 0 Å². The SMILES string of the molecule is C=CCC(Nc1nc(C(F)(F)F)ns1)C(=O)O. The van der Waals surface area contributed by atoms with Crippen molar-refractivity contribution in [3.8, 4) is 0 Å². The van der Waals surface area contributed by atoms with Crippen molar-refractivity contribution in [2.75, 3.05) is 5.32 Å². The highest BCUT2D eigenvalue weighted by atomic mass is 32.1. The molecule has 0 fully saturated rings. The van der Waals surface area contributed by atoms with Gasteiger partial charge >= 0.3 is 12.1 Å². The van der Waals surface area contributed by atoms with Crippen LogP contribution in [0.3, 0.4) is 0 Å². The first-order chi connectivity index (χ1) is 7.84. The Balaban J connectivity index is 2.77. The second kappa shape index (κ2) is 5.13. The Morgan fingerprint density at radius 2 is 2.29 bits per heavy atom.